The number of thiophene rings is 1. The van der Waals surface area contributed by atoms with Crippen molar-refractivity contribution in [2.45, 2.75) is 17.6 Å². The monoisotopic (exact) mass is 303 g/mol. The fourth-order valence-corrected chi connectivity index (χ4v) is 3.26. The molecule has 2 heterocycles. The van der Waals surface area contributed by atoms with E-state index >= 15 is 0 Å². The van der Waals surface area contributed by atoms with E-state index in [1.807, 2.05) is 41.9 Å². The van der Waals surface area contributed by atoms with Crippen LogP contribution in [0.4, 0.5) is 5.69 Å². The molecule has 0 saturated heterocycles. The van der Waals surface area contributed by atoms with Crippen molar-refractivity contribution >= 4 is 28.8 Å². The summed E-state index contributed by atoms with van der Waals surface area (Å²) >= 11 is 3.22. The molecule has 0 bridgehead atoms. The number of rotatable bonds is 4. The SMILES string of the molecule is Cc1cccc(SCc2nc(-c3ccsc3)no2)c1N. The maximum absolute atomic E-state index is 6.04. The van der Waals surface area contributed by atoms with Crippen LogP contribution in [-0.2, 0) is 5.75 Å². The van der Waals surface area contributed by atoms with Gasteiger partial charge >= 0.3 is 0 Å². The van der Waals surface area contributed by atoms with Gasteiger partial charge in [-0.05, 0) is 30.0 Å². The summed E-state index contributed by atoms with van der Waals surface area (Å²) in [5, 5.41) is 7.98. The molecule has 4 nitrogen and oxygen atoms in total. The normalized spacial score (nSPS) is 10.8. The van der Waals surface area contributed by atoms with E-state index in [2.05, 4.69) is 10.1 Å². The van der Waals surface area contributed by atoms with Crippen LogP contribution in [0.15, 0.2) is 44.4 Å². The summed E-state index contributed by atoms with van der Waals surface area (Å²) in [6, 6.07) is 7.98. The predicted octanol–water partition coefficient (Wildman–Crippen LogP) is 3.98. The Hall–Kier alpha value is -1.79. The van der Waals surface area contributed by atoms with Gasteiger partial charge in [-0.25, -0.2) is 0 Å². The topological polar surface area (TPSA) is 64.9 Å². The van der Waals surface area contributed by atoms with Crippen molar-refractivity contribution in [2.75, 3.05) is 5.73 Å². The van der Waals surface area contributed by atoms with E-state index in [1.165, 1.54) is 0 Å². The summed E-state index contributed by atoms with van der Waals surface area (Å²) in [4.78, 5) is 5.43. The summed E-state index contributed by atoms with van der Waals surface area (Å²) in [6.45, 7) is 2.00. The molecule has 0 aliphatic rings. The van der Waals surface area contributed by atoms with E-state index in [1.54, 1.807) is 23.1 Å². The fourth-order valence-electron chi connectivity index (χ4n) is 1.74. The first-order valence-corrected chi connectivity index (χ1v) is 8.00. The Bertz CT molecular complexity index is 707. The third kappa shape index (κ3) is 2.71. The second-order valence-electron chi connectivity index (χ2n) is 4.30. The van der Waals surface area contributed by atoms with E-state index < -0.39 is 0 Å². The lowest BCUT2D eigenvalue weighted by atomic mass is 10.2. The third-order valence-electron chi connectivity index (χ3n) is 2.88. The van der Waals surface area contributed by atoms with E-state index in [0.29, 0.717) is 17.5 Å². The largest absolute Gasteiger partial charge is 0.398 e. The number of benzene rings is 1. The molecule has 1 aromatic carbocycles. The summed E-state index contributed by atoms with van der Waals surface area (Å²) in [5.74, 6) is 1.86. The first kappa shape index (κ1) is 13.2. The van der Waals surface area contributed by atoms with Gasteiger partial charge in [0.1, 0.15) is 0 Å². The Morgan fingerprint density at radius 1 is 1.35 bits per heavy atom. The second kappa shape index (κ2) is 5.68. The highest BCUT2D eigenvalue weighted by Gasteiger charge is 2.10. The van der Waals surface area contributed by atoms with Gasteiger partial charge in [-0.15, -0.1) is 11.8 Å². The molecule has 0 aliphatic carbocycles. The van der Waals surface area contributed by atoms with Gasteiger partial charge < -0.3 is 10.3 Å². The zero-order valence-electron chi connectivity index (χ0n) is 10.9. The van der Waals surface area contributed by atoms with Gasteiger partial charge in [-0.3, -0.25) is 0 Å². The second-order valence-corrected chi connectivity index (χ2v) is 6.10. The molecule has 20 heavy (non-hydrogen) atoms. The van der Waals surface area contributed by atoms with E-state index in [0.717, 1.165) is 21.7 Å². The first-order valence-electron chi connectivity index (χ1n) is 6.07. The van der Waals surface area contributed by atoms with Crippen molar-refractivity contribution in [1.82, 2.24) is 10.1 Å². The maximum Gasteiger partial charge on any atom is 0.237 e. The minimum atomic E-state index is 0.608. The Balaban J connectivity index is 1.71. The maximum atomic E-state index is 6.04. The molecule has 6 heteroatoms. The number of nitrogens with two attached hydrogens (primary N) is 1. The number of hydrogen-bond acceptors (Lipinski definition) is 6. The molecule has 0 amide bonds. The van der Waals surface area contributed by atoms with Gasteiger partial charge in [0.05, 0.1) is 5.75 Å². The minimum Gasteiger partial charge on any atom is -0.398 e. The van der Waals surface area contributed by atoms with E-state index in [-0.39, 0.29) is 0 Å². The van der Waals surface area contributed by atoms with Gasteiger partial charge in [-0.2, -0.15) is 16.3 Å². The highest BCUT2D eigenvalue weighted by molar-refractivity contribution is 7.98. The van der Waals surface area contributed by atoms with Crippen LogP contribution in [0.1, 0.15) is 11.5 Å². The van der Waals surface area contributed by atoms with Crippen LogP contribution in [0.2, 0.25) is 0 Å². The lowest BCUT2D eigenvalue weighted by Crippen LogP contribution is -1.92. The van der Waals surface area contributed by atoms with Crippen molar-refractivity contribution < 1.29 is 4.52 Å². The number of thioether (sulfide) groups is 1. The van der Waals surface area contributed by atoms with Gasteiger partial charge in [0.2, 0.25) is 11.7 Å². The molecule has 0 radical (unpaired) electrons. The van der Waals surface area contributed by atoms with Gasteiger partial charge in [0, 0.05) is 21.5 Å². The number of aryl methyl sites for hydroxylation is 1. The van der Waals surface area contributed by atoms with Crippen LogP contribution in [0.5, 0.6) is 0 Å². The standard InChI is InChI=1S/C14H13N3OS2/c1-9-3-2-4-11(13(9)15)20-8-12-16-14(17-18-12)10-5-6-19-7-10/h2-7H,8,15H2,1H3. The molecule has 0 spiro atoms. The van der Waals surface area contributed by atoms with Crippen molar-refractivity contribution in [1.29, 1.82) is 0 Å². The Morgan fingerprint density at radius 3 is 3.05 bits per heavy atom. The highest BCUT2D eigenvalue weighted by atomic mass is 32.2. The zero-order valence-corrected chi connectivity index (χ0v) is 12.5. The fraction of sp³-hybridized carbons (Fsp3) is 0.143. The van der Waals surface area contributed by atoms with Gasteiger partial charge in [-0.1, -0.05) is 17.3 Å². The number of hydrogen-bond donors (Lipinski definition) is 1. The molecule has 0 saturated carbocycles. The minimum absolute atomic E-state index is 0.608. The molecule has 2 N–H and O–H groups in total. The summed E-state index contributed by atoms with van der Waals surface area (Å²) in [7, 11) is 0. The molecule has 3 aromatic rings. The van der Waals surface area contributed by atoms with Crippen molar-refractivity contribution in [2.24, 2.45) is 0 Å². The number of nitrogen functional groups attached to an aromatic ring is 1. The average molecular weight is 303 g/mol. The third-order valence-corrected chi connectivity index (χ3v) is 4.62. The van der Waals surface area contributed by atoms with Crippen LogP contribution < -0.4 is 5.73 Å². The molecule has 0 aliphatic heterocycles. The smallest absolute Gasteiger partial charge is 0.237 e. The number of para-hydroxylation sites is 1. The molecule has 0 atom stereocenters. The summed E-state index contributed by atoms with van der Waals surface area (Å²) in [5.41, 5.74) is 8.93. The number of nitrogens with zero attached hydrogens (tertiary/aromatic N) is 2. The van der Waals surface area contributed by atoms with Crippen LogP contribution >= 0.6 is 23.1 Å². The zero-order chi connectivity index (χ0) is 13.9. The highest BCUT2D eigenvalue weighted by Crippen LogP contribution is 2.30. The Labute approximate surface area is 125 Å². The van der Waals surface area contributed by atoms with Crippen molar-refractivity contribution in [3.05, 3.63) is 46.5 Å². The molecular formula is C14H13N3OS2. The van der Waals surface area contributed by atoms with Crippen molar-refractivity contribution in [3.63, 3.8) is 0 Å². The summed E-state index contributed by atoms with van der Waals surface area (Å²) < 4.78 is 5.26. The predicted molar refractivity (Wildman–Crippen MR) is 82.8 cm³/mol. The molecule has 0 unspecified atom stereocenters. The van der Waals surface area contributed by atoms with Gasteiger partial charge in [0.15, 0.2) is 0 Å². The number of anilines is 1. The van der Waals surface area contributed by atoms with Crippen LogP contribution in [-0.4, -0.2) is 10.1 Å². The molecule has 0 fully saturated rings. The lowest BCUT2D eigenvalue weighted by molar-refractivity contribution is 0.391. The van der Waals surface area contributed by atoms with E-state index in [4.69, 9.17) is 10.3 Å². The van der Waals surface area contributed by atoms with Crippen molar-refractivity contribution in [3.8, 4) is 11.4 Å². The number of aromatic nitrogens is 2. The molecule has 102 valence electrons. The molecular weight excluding hydrogens is 290 g/mol. The van der Waals surface area contributed by atoms with E-state index in [9.17, 15) is 0 Å². The Morgan fingerprint density at radius 2 is 2.25 bits per heavy atom. The molecule has 2 aromatic heterocycles. The summed E-state index contributed by atoms with van der Waals surface area (Å²) in [6.07, 6.45) is 0. The first-order chi connectivity index (χ1) is 9.74. The Kier molecular flexibility index (Phi) is 3.75. The van der Waals surface area contributed by atoms with Crippen LogP contribution in [0.25, 0.3) is 11.4 Å². The average Bonchev–Trinajstić information content (AvgIpc) is 3.10. The van der Waals surface area contributed by atoms with Crippen LogP contribution in [0.3, 0.4) is 0 Å². The quantitative estimate of drug-likeness (QED) is 0.583. The molecule has 3 rings (SSSR count). The van der Waals surface area contributed by atoms with Crippen LogP contribution in [0, 0.1) is 6.92 Å². The lowest BCUT2D eigenvalue weighted by Gasteiger charge is -2.05. The van der Waals surface area contributed by atoms with Gasteiger partial charge in [0.25, 0.3) is 0 Å².